The van der Waals surface area contributed by atoms with Crippen LogP contribution in [0.4, 0.5) is 4.39 Å². The molecule has 3 saturated carbocycles. The zero-order valence-electron chi connectivity index (χ0n) is 16.6. The summed E-state index contributed by atoms with van der Waals surface area (Å²) >= 11 is 0. The Hall–Kier alpha value is -2.17. The van der Waals surface area contributed by atoms with E-state index < -0.39 is 0 Å². The van der Waals surface area contributed by atoms with E-state index in [4.69, 9.17) is 0 Å². The van der Waals surface area contributed by atoms with Crippen LogP contribution in [0.1, 0.15) is 49.1 Å². The average Bonchev–Trinajstić information content (AvgIpc) is 3.41. The lowest BCUT2D eigenvalue weighted by molar-refractivity contribution is -0.121. The number of benzene rings is 1. The Kier molecular flexibility index (Phi) is 4.29. The molecule has 4 nitrogen and oxygen atoms in total. The van der Waals surface area contributed by atoms with Crippen LogP contribution in [0, 0.1) is 43.3 Å². The predicted molar refractivity (Wildman–Crippen MR) is 106 cm³/mol. The van der Waals surface area contributed by atoms with Crippen molar-refractivity contribution in [2.45, 2.75) is 58.4 Å². The minimum absolute atomic E-state index is 0.0754. The second-order valence-electron chi connectivity index (χ2n) is 9.02. The van der Waals surface area contributed by atoms with Gasteiger partial charge in [-0.25, -0.2) is 9.07 Å². The lowest BCUT2D eigenvalue weighted by Gasteiger charge is -2.32. The largest absolute Gasteiger partial charge is 0.353 e. The quantitative estimate of drug-likeness (QED) is 0.866. The summed E-state index contributed by atoms with van der Waals surface area (Å²) in [6, 6.07) is 6.96. The molecule has 28 heavy (non-hydrogen) atoms. The van der Waals surface area contributed by atoms with E-state index in [2.05, 4.69) is 10.4 Å². The van der Waals surface area contributed by atoms with Crippen molar-refractivity contribution in [3.8, 4) is 5.69 Å². The molecule has 3 aliphatic rings. The minimum Gasteiger partial charge on any atom is -0.353 e. The van der Waals surface area contributed by atoms with Crippen molar-refractivity contribution in [2.24, 2.45) is 23.7 Å². The van der Waals surface area contributed by atoms with Crippen LogP contribution in [-0.2, 0) is 11.2 Å². The fraction of sp³-hybridized carbons (Fsp3) is 0.565. The van der Waals surface area contributed by atoms with Gasteiger partial charge >= 0.3 is 0 Å². The molecule has 1 amide bonds. The van der Waals surface area contributed by atoms with E-state index in [9.17, 15) is 9.18 Å². The molecule has 1 heterocycles. The molecule has 0 spiro atoms. The summed E-state index contributed by atoms with van der Waals surface area (Å²) in [5.41, 5.74) is 2.96. The Morgan fingerprint density at radius 1 is 1.18 bits per heavy atom. The van der Waals surface area contributed by atoms with Gasteiger partial charge in [0.25, 0.3) is 0 Å². The minimum atomic E-state index is -0.308. The standard InChI is InChI=1S/C23H28FN3O/c1-13-18(14(2)27(26-13)22-9-4-3-8-20(22)24)12-23(28)25-21-11-15-10-19(21)17-7-5-6-16(15)17/h3-4,8-9,15-17,19,21H,5-7,10-12H2,1-2H3,(H,25,28)/t15-,16+,17-,19+,21-/m1/s1. The van der Waals surface area contributed by atoms with Gasteiger partial charge in [-0.2, -0.15) is 5.10 Å². The molecular weight excluding hydrogens is 353 g/mol. The number of fused-ring (bicyclic) bond motifs is 5. The molecule has 1 N–H and O–H groups in total. The number of para-hydroxylation sites is 1. The van der Waals surface area contributed by atoms with E-state index in [1.54, 1.807) is 22.9 Å². The van der Waals surface area contributed by atoms with Crippen molar-refractivity contribution in [2.75, 3.05) is 0 Å². The number of nitrogens with zero attached hydrogens (tertiary/aromatic N) is 2. The number of aromatic nitrogens is 2. The maximum absolute atomic E-state index is 14.2. The predicted octanol–water partition coefficient (Wildman–Crippen LogP) is 4.11. The number of amides is 1. The molecule has 2 aromatic rings. The topological polar surface area (TPSA) is 46.9 Å². The van der Waals surface area contributed by atoms with Crippen molar-refractivity contribution in [1.82, 2.24) is 15.1 Å². The molecule has 0 unspecified atom stereocenters. The van der Waals surface area contributed by atoms with Crippen LogP contribution in [0.5, 0.6) is 0 Å². The molecule has 0 radical (unpaired) electrons. The Morgan fingerprint density at radius 2 is 1.96 bits per heavy atom. The smallest absolute Gasteiger partial charge is 0.224 e. The molecule has 3 fully saturated rings. The fourth-order valence-electron chi connectivity index (χ4n) is 6.44. The number of carbonyl (C=O) groups is 1. The maximum atomic E-state index is 14.2. The third kappa shape index (κ3) is 2.78. The molecule has 1 aromatic heterocycles. The lowest BCUT2D eigenvalue weighted by Crippen LogP contribution is -2.43. The molecule has 5 heteroatoms. The third-order valence-electron chi connectivity index (χ3n) is 7.63. The molecule has 2 bridgehead atoms. The maximum Gasteiger partial charge on any atom is 0.224 e. The van der Waals surface area contributed by atoms with Gasteiger partial charge in [-0.05, 0) is 75.3 Å². The Balaban J connectivity index is 1.30. The summed E-state index contributed by atoms with van der Waals surface area (Å²) in [5.74, 6) is 3.06. The van der Waals surface area contributed by atoms with Gasteiger partial charge in [-0.3, -0.25) is 4.79 Å². The van der Waals surface area contributed by atoms with Crippen LogP contribution in [0.15, 0.2) is 24.3 Å². The molecule has 0 saturated heterocycles. The SMILES string of the molecule is Cc1nn(-c2ccccc2F)c(C)c1CC(=O)N[C@@H]1C[C@H]2C[C@H]1[C@@H]1CCC[C@@H]21. The summed E-state index contributed by atoms with van der Waals surface area (Å²) in [5, 5.41) is 7.84. The van der Waals surface area contributed by atoms with Crippen molar-refractivity contribution >= 4 is 5.91 Å². The highest BCUT2D eigenvalue weighted by atomic mass is 19.1. The van der Waals surface area contributed by atoms with Gasteiger partial charge in [0.2, 0.25) is 5.91 Å². The highest BCUT2D eigenvalue weighted by Crippen LogP contribution is 2.58. The number of hydrogen-bond donors (Lipinski definition) is 1. The summed E-state index contributed by atoms with van der Waals surface area (Å²) in [7, 11) is 0. The molecule has 1 aromatic carbocycles. The summed E-state index contributed by atoms with van der Waals surface area (Å²) < 4.78 is 15.8. The number of carbonyl (C=O) groups excluding carboxylic acids is 1. The summed E-state index contributed by atoms with van der Waals surface area (Å²) in [6.07, 6.45) is 6.91. The first-order chi connectivity index (χ1) is 13.5. The zero-order chi connectivity index (χ0) is 19.4. The van der Waals surface area contributed by atoms with Gasteiger partial charge in [-0.1, -0.05) is 18.6 Å². The first-order valence-corrected chi connectivity index (χ1v) is 10.6. The van der Waals surface area contributed by atoms with Crippen molar-refractivity contribution in [3.63, 3.8) is 0 Å². The van der Waals surface area contributed by atoms with E-state index >= 15 is 0 Å². The van der Waals surface area contributed by atoms with Gasteiger partial charge in [0, 0.05) is 17.3 Å². The second kappa shape index (κ2) is 6.71. The Morgan fingerprint density at radius 3 is 2.79 bits per heavy atom. The Bertz CT molecular complexity index is 921. The van der Waals surface area contributed by atoms with Crippen molar-refractivity contribution in [1.29, 1.82) is 0 Å². The van der Waals surface area contributed by atoms with Gasteiger partial charge in [0.05, 0.1) is 12.1 Å². The molecular formula is C23H28FN3O. The molecule has 148 valence electrons. The molecule has 5 atom stereocenters. The lowest BCUT2D eigenvalue weighted by atomic mass is 9.79. The number of nitrogens with one attached hydrogen (secondary N) is 1. The number of hydrogen-bond acceptors (Lipinski definition) is 2. The van der Waals surface area contributed by atoms with Gasteiger partial charge < -0.3 is 5.32 Å². The Labute approximate surface area is 165 Å². The number of halogens is 1. The normalized spacial score (nSPS) is 30.6. The summed E-state index contributed by atoms with van der Waals surface area (Å²) in [4.78, 5) is 12.8. The van der Waals surface area contributed by atoms with Crippen LogP contribution >= 0.6 is 0 Å². The van der Waals surface area contributed by atoms with Crippen LogP contribution in [-0.4, -0.2) is 21.7 Å². The van der Waals surface area contributed by atoms with E-state index in [1.807, 2.05) is 13.8 Å². The first kappa shape index (κ1) is 17.9. The van der Waals surface area contributed by atoms with Crippen molar-refractivity contribution in [3.05, 3.63) is 47.0 Å². The number of aryl methyl sites for hydroxylation is 1. The third-order valence-corrected chi connectivity index (χ3v) is 7.63. The average molecular weight is 381 g/mol. The van der Waals surface area contributed by atoms with Crippen LogP contribution in [0.2, 0.25) is 0 Å². The van der Waals surface area contributed by atoms with Gasteiger partial charge in [-0.15, -0.1) is 0 Å². The van der Waals surface area contributed by atoms with E-state index in [0.29, 0.717) is 24.1 Å². The number of rotatable bonds is 4. The van der Waals surface area contributed by atoms with E-state index in [0.717, 1.165) is 41.1 Å². The molecule has 5 rings (SSSR count). The van der Waals surface area contributed by atoms with E-state index in [1.165, 1.54) is 31.7 Å². The van der Waals surface area contributed by atoms with Crippen molar-refractivity contribution < 1.29 is 9.18 Å². The summed E-state index contributed by atoms with van der Waals surface area (Å²) in [6.45, 7) is 3.81. The van der Waals surface area contributed by atoms with Crippen LogP contribution < -0.4 is 5.32 Å². The zero-order valence-corrected chi connectivity index (χ0v) is 16.6. The molecule has 3 aliphatic carbocycles. The highest BCUT2D eigenvalue weighted by molar-refractivity contribution is 5.79. The first-order valence-electron chi connectivity index (χ1n) is 10.6. The van der Waals surface area contributed by atoms with Crippen LogP contribution in [0.3, 0.4) is 0 Å². The van der Waals surface area contributed by atoms with Gasteiger partial charge in [0.1, 0.15) is 11.5 Å². The highest BCUT2D eigenvalue weighted by Gasteiger charge is 2.54. The van der Waals surface area contributed by atoms with Crippen LogP contribution in [0.25, 0.3) is 5.69 Å². The van der Waals surface area contributed by atoms with Gasteiger partial charge in [0.15, 0.2) is 0 Å². The fourth-order valence-corrected chi connectivity index (χ4v) is 6.44. The second-order valence-corrected chi connectivity index (χ2v) is 9.02. The monoisotopic (exact) mass is 381 g/mol. The molecule has 0 aliphatic heterocycles. The van der Waals surface area contributed by atoms with E-state index in [-0.39, 0.29) is 11.7 Å².